The van der Waals surface area contributed by atoms with Crippen LogP contribution >= 0.6 is 0 Å². The van der Waals surface area contributed by atoms with Crippen LogP contribution in [0.15, 0.2) is 30.7 Å². The van der Waals surface area contributed by atoms with Gasteiger partial charge in [-0.2, -0.15) is 5.26 Å². The lowest BCUT2D eigenvalue weighted by atomic mass is 10.1. The van der Waals surface area contributed by atoms with Gasteiger partial charge in [0.2, 0.25) is 5.91 Å². The first kappa shape index (κ1) is 17.0. The summed E-state index contributed by atoms with van der Waals surface area (Å²) in [7, 11) is 1.64. The van der Waals surface area contributed by atoms with Gasteiger partial charge in [0, 0.05) is 38.4 Å². The minimum atomic E-state index is -0.415. The largest absolute Gasteiger partial charge is 0.340 e. The highest BCUT2D eigenvalue weighted by molar-refractivity contribution is 5.78. The van der Waals surface area contributed by atoms with E-state index >= 15 is 0 Å². The summed E-state index contributed by atoms with van der Waals surface area (Å²) in [4.78, 5) is 24.2. The van der Waals surface area contributed by atoms with Crippen molar-refractivity contribution in [1.29, 1.82) is 5.26 Å². The van der Waals surface area contributed by atoms with Gasteiger partial charge in [0.1, 0.15) is 12.1 Å². The van der Waals surface area contributed by atoms with Crippen molar-refractivity contribution in [2.45, 2.75) is 19.5 Å². The number of nitriles is 1. The van der Waals surface area contributed by atoms with E-state index in [2.05, 4.69) is 9.97 Å². The van der Waals surface area contributed by atoms with E-state index in [1.807, 2.05) is 17.2 Å². The molecule has 0 spiro atoms. The van der Waals surface area contributed by atoms with Gasteiger partial charge in [0.25, 0.3) is 0 Å². The van der Waals surface area contributed by atoms with Crippen molar-refractivity contribution in [3.05, 3.63) is 58.9 Å². The van der Waals surface area contributed by atoms with Gasteiger partial charge in [-0.15, -0.1) is 0 Å². The first-order valence-corrected chi connectivity index (χ1v) is 7.99. The van der Waals surface area contributed by atoms with Crippen molar-refractivity contribution >= 4 is 5.91 Å². The van der Waals surface area contributed by atoms with Crippen LogP contribution in [0, 0.1) is 17.1 Å². The van der Waals surface area contributed by atoms with Crippen LogP contribution < -0.4 is 0 Å². The normalized spacial score (nSPS) is 13.8. The van der Waals surface area contributed by atoms with E-state index in [9.17, 15) is 9.18 Å². The molecule has 2 aromatic rings. The zero-order valence-electron chi connectivity index (χ0n) is 13.9. The molecule has 1 aliphatic heterocycles. The summed E-state index contributed by atoms with van der Waals surface area (Å²) in [5.41, 5.74) is 2.79. The molecule has 0 fully saturated rings. The predicted molar refractivity (Wildman–Crippen MR) is 88.6 cm³/mol. The van der Waals surface area contributed by atoms with E-state index < -0.39 is 5.82 Å². The first-order valence-electron chi connectivity index (χ1n) is 7.99. The van der Waals surface area contributed by atoms with E-state index in [-0.39, 0.29) is 19.0 Å². The summed E-state index contributed by atoms with van der Waals surface area (Å²) in [5, 5.41) is 8.92. The van der Waals surface area contributed by atoms with Crippen LogP contribution in [0.2, 0.25) is 0 Å². The lowest BCUT2D eigenvalue weighted by Gasteiger charge is -2.28. The van der Waals surface area contributed by atoms with Crippen molar-refractivity contribution in [2.24, 2.45) is 0 Å². The van der Waals surface area contributed by atoms with E-state index in [1.165, 1.54) is 29.4 Å². The predicted octanol–water partition coefficient (Wildman–Crippen LogP) is 1.50. The fraction of sp³-hybridized carbons (Fsp3) is 0.333. The van der Waals surface area contributed by atoms with Crippen LogP contribution in [0.25, 0.3) is 0 Å². The molecule has 7 heteroatoms. The Labute approximate surface area is 145 Å². The molecular formula is C18H18FN5O. The van der Waals surface area contributed by atoms with E-state index in [1.54, 1.807) is 7.05 Å². The third-order valence-corrected chi connectivity index (χ3v) is 4.32. The molecule has 0 N–H and O–H groups in total. The summed E-state index contributed by atoms with van der Waals surface area (Å²) >= 11 is 0. The van der Waals surface area contributed by atoms with Gasteiger partial charge in [0.15, 0.2) is 0 Å². The Morgan fingerprint density at radius 2 is 2.32 bits per heavy atom. The van der Waals surface area contributed by atoms with Crippen molar-refractivity contribution < 1.29 is 9.18 Å². The molecule has 0 saturated heterocycles. The molecule has 3 rings (SSSR count). The number of carbonyl (C=O) groups is 1. The molecule has 2 heterocycles. The Morgan fingerprint density at radius 1 is 1.48 bits per heavy atom. The van der Waals surface area contributed by atoms with Gasteiger partial charge in [-0.1, -0.05) is 0 Å². The molecule has 6 nitrogen and oxygen atoms in total. The monoisotopic (exact) mass is 339 g/mol. The van der Waals surface area contributed by atoms with Gasteiger partial charge >= 0.3 is 0 Å². The summed E-state index contributed by atoms with van der Waals surface area (Å²) in [6.45, 7) is 1.75. The molecule has 1 aromatic heterocycles. The Balaban J connectivity index is 1.61. The standard InChI is InChI=1S/C18H18FN5O/c1-23(9-15-6-13(7-20)2-3-16(15)19)18(25)11-24-5-4-14-8-21-12-22-17(14)10-24/h2-3,6,8,12H,4-5,9-11H2,1H3. The van der Waals surface area contributed by atoms with Crippen molar-refractivity contribution in [2.75, 3.05) is 20.1 Å². The van der Waals surface area contributed by atoms with Gasteiger partial charge < -0.3 is 4.90 Å². The Kier molecular flexibility index (Phi) is 5.00. The van der Waals surface area contributed by atoms with Crippen LogP contribution in [-0.2, 0) is 24.3 Å². The minimum Gasteiger partial charge on any atom is -0.340 e. The molecule has 1 aliphatic rings. The molecule has 0 atom stereocenters. The summed E-state index contributed by atoms with van der Waals surface area (Å²) in [5.74, 6) is -0.512. The fourth-order valence-electron chi connectivity index (χ4n) is 2.86. The number of rotatable bonds is 4. The lowest BCUT2D eigenvalue weighted by molar-refractivity contribution is -0.131. The summed E-state index contributed by atoms with van der Waals surface area (Å²) < 4.78 is 13.9. The highest BCUT2D eigenvalue weighted by Crippen LogP contribution is 2.16. The SMILES string of the molecule is CN(Cc1cc(C#N)ccc1F)C(=O)CN1CCc2cncnc2C1. The topological polar surface area (TPSA) is 73.1 Å². The van der Waals surface area contributed by atoms with Gasteiger partial charge in [-0.25, -0.2) is 14.4 Å². The number of fused-ring (bicyclic) bond motifs is 1. The highest BCUT2D eigenvalue weighted by Gasteiger charge is 2.21. The smallest absolute Gasteiger partial charge is 0.236 e. The van der Waals surface area contributed by atoms with Crippen molar-refractivity contribution in [3.63, 3.8) is 0 Å². The van der Waals surface area contributed by atoms with Gasteiger partial charge in [-0.3, -0.25) is 9.69 Å². The summed E-state index contributed by atoms with van der Waals surface area (Å²) in [6, 6.07) is 6.14. The zero-order valence-corrected chi connectivity index (χ0v) is 13.9. The molecule has 0 unspecified atom stereocenters. The number of carbonyl (C=O) groups excluding carboxylic acids is 1. The number of likely N-dealkylation sites (N-methyl/N-ethyl adjacent to an activating group) is 1. The number of halogens is 1. The second-order valence-corrected chi connectivity index (χ2v) is 6.12. The second-order valence-electron chi connectivity index (χ2n) is 6.12. The third-order valence-electron chi connectivity index (χ3n) is 4.32. The van der Waals surface area contributed by atoms with E-state index in [4.69, 9.17) is 5.26 Å². The van der Waals surface area contributed by atoms with E-state index in [0.29, 0.717) is 17.7 Å². The molecule has 25 heavy (non-hydrogen) atoms. The average molecular weight is 339 g/mol. The van der Waals surface area contributed by atoms with Crippen LogP contribution in [0.3, 0.4) is 0 Å². The highest BCUT2D eigenvalue weighted by atomic mass is 19.1. The molecule has 128 valence electrons. The maximum atomic E-state index is 13.9. The number of hydrogen-bond donors (Lipinski definition) is 0. The zero-order chi connectivity index (χ0) is 17.8. The molecule has 0 aliphatic carbocycles. The molecular weight excluding hydrogens is 321 g/mol. The van der Waals surface area contributed by atoms with Crippen molar-refractivity contribution in [1.82, 2.24) is 19.8 Å². The Bertz CT molecular complexity index is 832. The number of hydrogen-bond acceptors (Lipinski definition) is 5. The number of nitrogens with zero attached hydrogens (tertiary/aromatic N) is 5. The van der Waals surface area contributed by atoms with Gasteiger partial charge in [-0.05, 0) is 30.2 Å². The third kappa shape index (κ3) is 3.98. The number of aromatic nitrogens is 2. The Hall–Kier alpha value is -2.85. The van der Waals surface area contributed by atoms with Gasteiger partial charge in [0.05, 0.1) is 23.9 Å². The maximum absolute atomic E-state index is 13.9. The Morgan fingerprint density at radius 3 is 3.12 bits per heavy atom. The van der Waals surface area contributed by atoms with Crippen LogP contribution in [0.4, 0.5) is 4.39 Å². The fourth-order valence-corrected chi connectivity index (χ4v) is 2.86. The molecule has 0 bridgehead atoms. The minimum absolute atomic E-state index is 0.0979. The number of amides is 1. The lowest BCUT2D eigenvalue weighted by Crippen LogP contribution is -2.40. The first-order chi connectivity index (χ1) is 12.1. The molecule has 0 radical (unpaired) electrons. The maximum Gasteiger partial charge on any atom is 0.236 e. The average Bonchev–Trinajstić information content (AvgIpc) is 2.63. The molecule has 0 saturated carbocycles. The van der Waals surface area contributed by atoms with Crippen molar-refractivity contribution in [3.8, 4) is 6.07 Å². The molecule has 1 aromatic carbocycles. The summed E-state index contributed by atoms with van der Waals surface area (Å²) in [6.07, 6.45) is 4.14. The number of benzene rings is 1. The van der Waals surface area contributed by atoms with Crippen LogP contribution in [-0.4, -0.2) is 45.8 Å². The quantitative estimate of drug-likeness (QED) is 0.844. The van der Waals surface area contributed by atoms with Crippen LogP contribution in [0.5, 0.6) is 0 Å². The second kappa shape index (κ2) is 7.36. The van der Waals surface area contributed by atoms with Crippen LogP contribution in [0.1, 0.15) is 22.4 Å². The molecule has 1 amide bonds. The van der Waals surface area contributed by atoms with E-state index in [0.717, 1.165) is 24.2 Å².